The van der Waals surface area contributed by atoms with Crippen LogP contribution in [0.3, 0.4) is 0 Å². The molecule has 2 aliphatic heterocycles. The van der Waals surface area contributed by atoms with Gasteiger partial charge in [-0.3, -0.25) is 0 Å². The summed E-state index contributed by atoms with van der Waals surface area (Å²) in [6.07, 6.45) is 1.02. The third kappa shape index (κ3) is 3.18. The highest BCUT2D eigenvalue weighted by atomic mass is 32.2. The van der Waals surface area contributed by atoms with E-state index in [1.165, 1.54) is 21.1 Å². The Morgan fingerprint density at radius 3 is 2.26 bits per heavy atom. The molecular weight excluding hydrogens is 373 g/mol. The maximum atomic E-state index is 13.3. The van der Waals surface area contributed by atoms with E-state index in [2.05, 4.69) is 5.10 Å². The fourth-order valence-electron chi connectivity index (χ4n) is 3.82. The zero-order valence-corrected chi connectivity index (χ0v) is 16.1. The monoisotopic (exact) mass is 395 g/mol. The van der Waals surface area contributed by atoms with Crippen molar-refractivity contribution in [1.29, 1.82) is 0 Å². The van der Waals surface area contributed by atoms with Crippen LogP contribution in [0.1, 0.15) is 24.2 Å². The first-order chi connectivity index (χ1) is 12.8. The van der Waals surface area contributed by atoms with E-state index >= 15 is 0 Å². The molecule has 27 heavy (non-hydrogen) atoms. The van der Waals surface area contributed by atoms with Gasteiger partial charge in [0.1, 0.15) is 10.7 Å². The molecule has 146 valence electrons. The van der Waals surface area contributed by atoms with Crippen LogP contribution in [-0.2, 0) is 19.5 Å². The van der Waals surface area contributed by atoms with Gasteiger partial charge < -0.3 is 9.47 Å². The van der Waals surface area contributed by atoms with Gasteiger partial charge in [-0.05, 0) is 38.1 Å². The quantitative estimate of drug-likeness (QED) is 0.796. The lowest BCUT2D eigenvalue weighted by Crippen LogP contribution is -2.47. The van der Waals surface area contributed by atoms with Gasteiger partial charge in [0.15, 0.2) is 5.79 Å². The summed E-state index contributed by atoms with van der Waals surface area (Å²) in [6, 6.07) is 5.80. The van der Waals surface area contributed by atoms with Crippen molar-refractivity contribution in [3.63, 3.8) is 0 Å². The molecule has 7 nitrogen and oxygen atoms in total. The lowest BCUT2D eigenvalue weighted by molar-refractivity contribution is -0.179. The van der Waals surface area contributed by atoms with Gasteiger partial charge in [-0.15, -0.1) is 0 Å². The minimum absolute atomic E-state index is 0.205. The van der Waals surface area contributed by atoms with Crippen LogP contribution in [0.15, 0.2) is 29.2 Å². The number of hydrogen-bond acceptors (Lipinski definition) is 5. The molecule has 0 bridgehead atoms. The summed E-state index contributed by atoms with van der Waals surface area (Å²) >= 11 is 0. The number of rotatable bonds is 3. The van der Waals surface area contributed by atoms with E-state index in [9.17, 15) is 12.8 Å². The molecular formula is C18H22FN3O4S. The lowest BCUT2D eigenvalue weighted by Gasteiger charge is -2.36. The Morgan fingerprint density at radius 1 is 1.07 bits per heavy atom. The predicted octanol–water partition coefficient (Wildman–Crippen LogP) is 2.16. The van der Waals surface area contributed by atoms with Crippen molar-refractivity contribution in [1.82, 2.24) is 14.1 Å². The Hall–Kier alpha value is -1.81. The molecule has 0 amide bonds. The van der Waals surface area contributed by atoms with Gasteiger partial charge in [0, 0.05) is 25.9 Å². The number of ether oxygens (including phenoxy) is 2. The van der Waals surface area contributed by atoms with Crippen molar-refractivity contribution in [2.24, 2.45) is 0 Å². The average Bonchev–Trinajstić information content (AvgIpc) is 3.20. The summed E-state index contributed by atoms with van der Waals surface area (Å²) in [5.41, 5.74) is 1.54. The normalized spacial score (nSPS) is 20.4. The Bertz CT molecular complexity index is 940. The maximum Gasteiger partial charge on any atom is 0.246 e. The number of sulfonamides is 1. The van der Waals surface area contributed by atoms with E-state index in [1.807, 2.05) is 0 Å². The highest BCUT2D eigenvalue weighted by molar-refractivity contribution is 7.89. The molecule has 2 aromatic rings. The molecule has 2 fully saturated rings. The summed E-state index contributed by atoms with van der Waals surface area (Å²) in [5.74, 6) is -0.985. The molecule has 1 aromatic heterocycles. The minimum Gasteiger partial charge on any atom is -0.347 e. The molecule has 1 aromatic carbocycles. The topological polar surface area (TPSA) is 73.7 Å². The van der Waals surface area contributed by atoms with Gasteiger partial charge in [0.05, 0.1) is 30.3 Å². The number of benzene rings is 1. The highest BCUT2D eigenvalue weighted by Crippen LogP contribution is 2.34. The number of piperidine rings is 1. The second-order valence-corrected chi connectivity index (χ2v) is 8.77. The number of nitrogens with zero attached hydrogens (tertiary/aromatic N) is 3. The Kier molecular flexibility index (Phi) is 4.58. The van der Waals surface area contributed by atoms with Crippen LogP contribution in [0, 0.1) is 19.7 Å². The standard InChI is InChI=1S/C18H22FN3O4S/c1-13-17(14(2)22(20-13)16-5-3-15(19)4-6-16)27(23,24)21-9-7-18(8-10-21)25-11-12-26-18/h3-6H,7-12H2,1-2H3. The molecule has 2 saturated heterocycles. The zero-order valence-electron chi connectivity index (χ0n) is 15.3. The summed E-state index contributed by atoms with van der Waals surface area (Å²) in [4.78, 5) is 0.205. The first-order valence-electron chi connectivity index (χ1n) is 8.93. The van der Waals surface area contributed by atoms with Crippen LogP contribution in [0.5, 0.6) is 0 Å². The number of aromatic nitrogens is 2. The van der Waals surface area contributed by atoms with Crippen molar-refractivity contribution in [3.05, 3.63) is 41.5 Å². The van der Waals surface area contributed by atoms with Crippen molar-refractivity contribution < 1.29 is 22.3 Å². The summed E-state index contributed by atoms with van der Waals surface area (Å²) in [6.45, 7) is 5.16. The molecule has 9 heteroatoms. The molecule has 0 radical (unpaired) electrons. The van der Waals surface area contributed by atoms with E-state index < -0.39 is 15.8 Å². The molecule has 4 rings (SSSR count). The first kappa shape index (κ1) is 18.5. The summed E-state index contributed by atoms with van der Waals surface area (Å²) < 4.78 is 54.1. The van der Waals surface area contributed by atoms with Crippen LogP contribution < -0.4 is 0 Å². The van der Waals surface area contributed by atoms with Gasteiger partial charge in [0.25, 0.3) is 0 Å². The SMILES string of the molecule is Cc1nn(-c2ccc(F)cc2)c(C)c1S(=O)(=O)N1CCC2(CC1)OCCO2. The third-order valence-corrected chi connectivity index (χ3v) is 7.34. The van der Waals surface area contributed by atoms with Crippen LogP contribution in [0.4, 0.5) is 4.39 Å². The Labute approximate surface area is 157 Å². The maximum absolute atomic E-state index is 13.3. The van der Waals surface area contributed by atoms with Gasteiger partial charge in [-0.25, -0.2) is 17.5 Å². The fraction of sp³-hybridized carbons (Fsp3) is 0.500. The van der Waals surface area contributed by atoms with Crippen molar-refractivity contribution in [2.45, 2.75) is 37.4 Å². The second-order valence-electron chi connectivity index (χ2n) is 6.90. The smallest absolute Gasteiger partial charge is 0.246 e. The lowest BCUT2D eigenvalue weighted by atomic mass is 10.1. The predicted molar refractivity (Wildman–Crippen MR) is 95.6 cm³/mol. The van der Waals surface area contributed by atoms with Crippen molar-refractivity contribution in [3.8, 4) is 5.69 Å². The third-order valence-electron chi connectivity index (χ3n) is 5.19. The van der Waals surface area contributed by atoms with E-state index in [0.29, 0.717) is 56.2 Å². The average molecular weight is 395 g/mol. The fourth-order valence-corrected chi connectivity index (χ4v) is 5.61. The molecule has 0 aliphatic carbocycles. The van der Waals surface area contributed by atoms with E-state index in [1.54, 1.807) is 26.0 Å². The molecule has 0 saturated carbocycles. The van der Waals surface area contributed by atoms with Crippen molar-refractivity contribution >= 4 is 10.0 Å². The van der Waals surface area contributed by atoms with E-state index in [4.69, 9.17) is 9.47 Å². The molecule has 0 N–H and O–H groups in total. The van der Waals surface area contributed by atoms with Gasteiger partial charge in [-0.1, -0.05) is 0 Å². The largest absolute Gasteiger partial charge is 0.347 e. The Balaban J connectivity index is 1.63. The Morgan fingerprint density at radius 2 is 1.67 bits per heavy atom. The number of aryl methyl sites for hydroxylation is 1. The van der Waals surface area contributed by atoms with Gasteiger partial charge in [-0.2, -0.15) is 9.40 Å². The molecule has 3 heterocycles. The van der Waals surface area contributed by atoms with Gasteiger partial charge >= 0.3 is 0 Å². The van der Waals surface area contributed by atoms with Gasteiger partial charge in [0.2, 0.25) is 10.0 Å². The van der Waals surface area contributed by atoms with Crippen LogP contribution in [0.2, 0.25) is 0 Å². The second kappa shape index (κ2) is 6.66. The van der Waals surface area contributed by atoms with Crippen molar-refractivity contribution in [2.75, 3.05) is 26.3 Å². The minimum atomic E-state index is -3.70. The first-order valence-corrected chi connectivity index (χ1v) is 10.4. The van der Waals surface area contributed by atoms with Crippen LogP contribution in [-0.4, -0.2) is 54.6 Å². The molecule has 0 unspecified atom stereocenters. The number of hydrogen-bond donors (Lipinski definition) is 0. The molecule has 1 spiro atoms. The molecule has 0 atom stereocenters. The van der Waals surface area contributed by atoms with E-state index in [0.717, 1.165) is 0 Å². The molecule has 2 aliphatic rings. The van der Waals surface area contributed by atoms with Crippen LogP contribution >= 0.6 is 0 Å². The number of halogens is 1. The highest BCUT2D eigenvalue weighted by Gasteiger charge is 2.43. The summed E-state index contributed by atoms with van der Waals surface area (Å²) in [5, 5.41) is 4.38. The van der Waals surface area contributed by atoms with Crippen LogP contribution in [0.25, 0.3) is 5.69 Å². The zero-order chi connectivity index (χ0) is 19.2. The van der Waals surface area contributed by atoms with E-state index in [-0.39, 0.29) is 10.7 Å². The summed E-state index contributed by atoms with van der Waals surface area (Å²) in [7, 11) is -3.70.